The fraction of sp³-hybridized carbons (Fsp3) is 0.286. The number of nitrogens with one attached hydrogen (secondary N) is 1. The third-order valence-corrected chi connectivity index (χ3v) is 5.92. The van der Waals surface area contributed by atoms with Crippen molar-refractivity contribution >= 4 is 11.8 Å². The maximum Gasteiger partial charge on any atom is 0.242 e. The number of hydrogen-bond donors (Lipinski definition) is 1. The van der Waals surface area contributed by atoms with Gasteiger partial charge in [-0.2, -0.15) is 0 Å². The van der Waals surface area contributed by atoms with Gasteiger partial charge in [0.2, 0.25) is 11.8 Å². The Balaban J connectivity index is 1.93. The van der Waals surface area contributed by atoms with Gasteiger partial charge in [-0.05, 0) is 48.6 Å². The molecule has 1 N–H and O–H groups in total. The first kappa shape index (κ1) is 23.3. The van der Waals surface area contributed by atoms with Crippen LogP contribution >= 0.6 is 0 Å². The average molecular weight is 429 g/mol. The van der Waals surface area contributed by atoms with Crippen LogP contribution in [0.15, 0.2) is 72.8 Å². The summed E-state index contributed by atoms with van der Waals surface area (Å²) >= 11 is 0. The summed E-state index contributed by atoms with van der Waals surface area (Å²) in [5, 5.41) is 2.76. The summed E-state index contributed by atoms with van der Waals surface area (Å²) in [6, 6.07) is 23.5. The van der Waals surface area contributed by atoms with E-state index in [-0.39, 0.29) is 18.2 Å². The number of amides is 2. The summed E-state index contributed by atoms with van der Waals surface area (Å²) < 4.78 is 0. The zero-order valence-electron chi connectivity index (χ0n) is 19.4. The highest BCUT2D eigenvalue weighted by molar-refractivity contribution is 5.88. The monoisotopic (exact) mass is 428 g/mol. The van der Waals surface area contributed by atoms with Gasteiger partial charge in [0.25, 0.3) is 0 Å². The van der Waals surface area contributed by atoms with E-state index in [0.717, 1.165) is 27.8 Å². The predicted octanol–water partition coefficient (Wildman–Crippen LogP) is 4.54. The van der Waals surface area contributed by atoms with E-state index in [0.29, 0.717) is 13.0 Å². The summed E-state index contributed by atoms with van der Waals surface area (Å²) in [6.07, 6.45) is 0.723. The minimum atomic E-state index is -0.595. The van der Waals surface area contributed by atoms with Crippen molar-refractivity contribution in [1.29, 1.82) is 0 Å². The Hall–Kier alpha value is -3.40. The highest BCUT2D eigenvalue weighted by Gasteiger charge is 2.29. The molecule has 0 saturated heterocycles. The molecule has 2 amide bonds. The molecule has 0 saturated carbocycles. The molecular weight excluding hydrogens is 396 g/mol. The highest BCUT2D eigenvalue weighted by Crippen LogP contribution is 2.18. The van der Waals surface area contributed by atoms with E-state index in [4.69, 9.17) is 0 Å². The normalized spacial score (nSPS) is 11.6. The molecule has 4 nitrogen and oxygen atoms in total. The quantitative estimate of drug-likeness (QED) is 0.573. The average Bonchev–Trinajstić information content (AvgIpc) is 2.80. The molecule has 3 aromatic rings. The molecule has 32 heavy (non-hydrogen) atoms. The minimum Gasteiger partial charge on any atom is -0.357 e. The summed E-state index contributed by atoms with van der Waals surface area (Å²) in [7, 11) is 1.62. The zero-order chi connectivity index (χ0) is 23.1. The molecular formula is C28H32N2O2. The molecule has 0 spiro atoms. The second-order valence-corrected chi connectivity index (χ2v) is 8.42. The van der Waals surface area contributed by atoms with Crippen molar-refractivity contribution in [1.82, 2.24) is 10.2 Å². The van der Waals surface area contributed by atoms with E-state index in [1.165, 1.54) is 5.56 Å². The lowest BCUT2D eigenvalue weighted by molar-refractivity contribution is -0.140. The fourth-order valence-electron chi connectivity index (χ4n) is 3.80. The van der Waals surface area contributed by atoms with E-state index in [2.05, 4.69) is 25.2 Å². The number of carbonyl (C=O) groups excluding carboxylic acids is 2. The first-order valence-electron chi connectivity index (χ1n) is 11.0. The summed E-state index contributed by atoms with van der Waals surface area (Å²) in [5.74, 6) is -0.215. The maximum atomic E-state index is 13.6. The Morgan fingerprint density at radius 2 is 1.47 bits per heavy atom. The maximum absolute atomic E-state index is 13.6. The topological polar surface area (TPSA) is 49.4 Å². The van der Waals surface area contributed by atoms with E-state index in [1.807, 2.05) is 73.7 Å². The van der Waals surface area contributed by atoms with Crippen LogP contribution in [0.4, 0.5) is 0 Å². The van der Waals surface area contributed by atoms with Gasteiger partial charge in [-0.1, -0.05) is 78.4 Å². The van der Waals surface area contributed by atoms with Gasteiger partial charge in [-0.25, -0.2) is 0 Å². The third-order valence-electron chi connectivity index (χ3n) is 5.92. The van der Waals surface area contributed by atoms with Crippen LogP contribution in [0.5, 0.6) is 0 Å². The van der Waals surface area contributed by atoms with Crippen LogP contribution < -0.4 is 5.32 Å². The van der Waals surface area contributed by atoms with Gasteiger partial charge in [0, 0.05) is 20.0 Å². The van der Waals surface area contributed by atoms with Gasteiger partial charge in [-0.15, -0.1) is 0 Å². The molecule has 0 radical (unpaired) electrons. The second-order valence-electron chi connectivity index (χ2n) is 8.42. The van der Waals surface area contributed by atoms with Crippen molar-refractivity contribution in [3.8, 4) is 0 Å². The number of aryl methyl sites for hydroxylation is 3. The summed E-state index contributed by atoms with van der Waals surface area (Å²) in [4.78, 5) is 28.3. The molecule has 0 fully saturated rings. The third kappa shape index (κ3) is 6.07. The minimum absolute atomic E-state index is 0.0571. The lowest BCUT2D eigenvalue weighted by Gasteiger charge is -2.31. The van der Waals surface area contributed by atoms with Crippen molar-refractivity contribution in [3.63, 3.8) is 0 Å². The van der Waals surface area contributed by atoms with Gasteiger partial charge in [0.15, 0.2) is 0 Å². The standard InChI is InChI=1S/C28H32N2O2/c1-20-10-13-24(14-11-20)19-30(27(31)18-25-15-12-21(2)22(3)16-25)26(28(32)29-4)17-23-8-6-5-7-9-23/h5-16,26H,17-19H2,1-4H3,(H,29,32). The number of likely N-dealkylation sites (N-methyl/N-ethyl adjacent to an activating group) is 1. The smallest absolute Gasteiger partial charge is 0.242 e. The van der Waals surface area contributed by atoms with Gasteiger partial charge in [0.1, 0.15) is 6.04 Å². The number of hydrogen-bond acceptors (Lipinski definition) is 2. The molecule has 0 bridgehead atoms. The van der Waals surface area contributed by atoms with Crippen LogP contribution in [0.1, 0.15) is 33.4 Å². The molecule has 0 heterocycles. The zero-order valence-corrected chi connectivity index (χ0v) is 19.4. The van der Waals surface area contributed by atoms with E-state index < -0.39 is 6.04 Å². The molecule has 3 rings (SSSR count). The van der Waals surface area contributed by atoms with E-state index >= 15 is 0 Å². The largest absolute Gasteiger partial charge is 0.357 e. The van der Waals surface area contributed by atoms with Crippen LogP contribution in [0.25, 0.3) is 0 Å². The number of carbonyl (C=O) groups is 2. The van der Waals surface area contributed by atoms with Gasteiger partial charge < -0.3 is 10.2 Å². The molecule has 0 aliphatic heterocycles. The Morgan fingerprint density at radius 3 is 2.09 bits per heavy atom. The molecule has 0 aromatic heterocycles. The van der Waals surface area contributed by atoms with Crippen LogP contribution in [-0.4, -0.2) is 29.8 Å². The van der Waals surface area contributed by atoms with E-state index in [9.17, 15) is 9.59 Å². The van der Waals surface area contributed by atoms with Crippen molar-refractivity contribution in [2.75, 3.05) is 7.05 Å². The van der Waals surface area contributed by atoms with E-state index in [1.54, 1.807) is 11.9 Å². The Labute approximate surface area is 191 Å². The first-order valence-corrected chi connectivity index (χ1v) is 11.0. The highest BCUT2D eigenvalue weighted by atomic mass is 16.2. The SMILES string of the molecule is CNC(=O)C(Cc1ccccc1)N(Cc1ccc(C)cc1)C(=O)Cc1ccc(C)c(C)c1. The molecule has 1 unspecified atom stereocenters. The van der Waals surface area contributed by atoms with Gasteiger partial charge >= 0.3 is 0 Å². The van der Waals surface area contributed by atoms with Crippen molar-refractivity contribution < 1.29 is 9.59 Å². The predicted molar refractivity (Wildman–Crippen MR) is 129 cm³/mol. The number of benzene rings is 3. The fourth-order valence-corrected chi connectivity index (χ4v) is 3.80. The van der Waals surface area contributed by atoms with Gasteiger partial charge in [0.05, 0.1) is 6.42 Å². The van der Waals surface area contributed by atoms with Crippen LogP contribution in [-0.2, 0) is 29.0 Å². The summed E-state index contributed by atoms with van der Waals surface area (Å²) in [6.45, 7) is 6.53. The lowest BCUT2D eigenvalue weighted by atomic mass is 10.00. The van der Waals surface area contributed by atoms with Crippen LogP contribution in [0, 0.1) is 20.8 Å². The first-order chi connectivity index (χ1) is 15.4. The van der Waals surface area contributed by atoms with Crippen molar-refractivity contribution in [3.05, 3.63) is 106 Å². The number of rotatable bonds is 8. The van der Waals surface area contributed by atoms with Crippen LogP contribution in [0.2, 0.25) is 0 Å². The molecule has 0 aliphatic rings. The Bertz CT molecular complexity index is 1060. The molecule has 0 aliphatic carbocycles. The number of nitrogens with zero attached hydrogens (tertiary/aromatic N) is 1. The molecule has 1 atom stereocenters. The van der Waals surface area contributed by atoms with Crippen molar-refractivity contribution in [2.24, 2.45) is 0 Å². The summed E-state index contributed by atoms with van der Waals surface area (Å²) in [5.41, 5.74) is 6.51. The Kier molecular flexibility index (Phi) is 7.82. The lowest BCUT2D eigenvalue weighted by Crippen LogP contribution is -2.50. The second kappa shape index (κ2) is 10.8. The molecule has 166 valence electrons. The molecule has 3 aromatic carbocycles. The van der Waals surface area contributed by atoms with Crippen LogP contribution in [0.3, 0.4) is 0 Å². The van der Waals surface area contributed by atoms with Gasteiger partial charge in [-0.3, -0.25) is 9.59 Å². The molecule has 4 heteroatoms. The van der Waals surface area contributed by atoms with Crippen molar-refractivity contribution in [2.45, 2.75) is 46.2 Å². The Morgan fingerprint density at radius 1 is 0.812 bits per heavy atom.